The minimum atomic E-state index is -1.23. The molecule has 2 aromatic rings. The first-order valence-electron chi connectivity index (χ1n) is 5.63. The lowest BCUT2D eigenvalue weighted by Gasteiger charge is -2.01. The van der Waals surface area contributed by atoms with E-state index in [2.05, 4.69) is 0 Å². The number of ketones is 1. The number of phenols is 1. The van der Waals surface area contributed by atoms with Crippen molar-refractivity contribution in [2.45, 2.75) is 0 Å². The fraction of sp³-hybridized carbons (Fsp3) is 0. The van der Waals surface area contributed by atoms with Crippen molar-refractivity contribution >= 4 is 11.9 Å². The van der Waals surface area contributed by atoms with Crippen molar-refractivity contribution in [3.05, 3.63) is 71.1 Å². The Morgan fingerprint density at radius 1 is 1.00 bits per heavy atom. The molecule has 0 saturated heterocycles. The fourth-order valence-electron chi connectivity index (χ4n) is 1.57. The van der Waals surface area contributed by atoms with Crippen LogP contribution >= 0.6 is 0 Å². The number of rotatable bonds is 3. The van der Waals surface area contributed by atoms with Gasteiger partial charge in [-0.05, 0) is 29.8 Å². The van der Waals surface area contributed by atoms with Gasteiger partial charge in [0.05, 0.1) is 5.56 Å². The maximum absolute atomic E-state index is 13.0. The highest BCUT2D eigenvalue weighted by atomic mass is 19.2. The van der Waals surface area contributed by atoms with Crippen LogP contribution in [-0.2, 0) is 0 Å². The maximum Gasteiger partial charge on any atom is 0.189 e. The highest BCUT2D eigenvalue weighted by Crippen LogP contribution is 2.22. The Hall–Kier alpha value is -2.56. The van der Waals surface area contributed by atoms with Crippen molar-refractivity contribution in [1.82, 2.24) is 0 Å². The lowest BCUT2D eigenvalue weighted by atomic mass is 10.1. The van der Waals surface area contributed by atoms with Crippen LogP contribution in [0.3, 0.4) is 0 Å². The maximum atomic E-state index is 13.0. The van der Waals surface area contributed by atoms with Crippen LogP contribution in [0.25, 0.3) is 6.08 Å². The molecular weight excluding hydrogens is 269 g/mol. The molecule has 0 radical (unpaired) electrons. The number of phenolic OH excluding ortho intramolecular Hbond substituents is 1. The fourth-order valence-corrected chi connectivity index (χ4v) is 1.57. The molecule has 2 rings (SSSR count). The average Bonchev–Trinajstić information content (AvgIpc) is 2.42. The number of carbonyl (C=O) groups excluding carboxylic acids is 1. The Kier molecular flexibility index (Phi) is 3.89. The van der Waals surface area contributed by atoms with E-state index >= 15 is 0 Å². The monoisotopic (exact) mass is 278 g/mol. The van der Waals surface area contributed by atoms with Crippen LogP contribution in [0.1, 0.15) is 15.9 Å². The molecule has 0 aliphatic carbocycles. The van der Waals surface area contributed by atoms with Crippen molar-refractivity contribution in [2.24, 2.45) is 0 Å². The summed E-state index contributed by atoms with van der Waals surface area (Å²) in [6.45, 7) is 0. The molecule has 0 unspecified atom stereocenters. The van der Waals surface area contributed by atoms with E-state index < -0.39 is 29.0 Å². The second-order valence-corrected chi connectivity index (χ2v) is 4.03. The van der Waals surface area contributed by atoms with Crippen LogP contribution in [0.4, 0.5) is 13.2 Å². The SMILES string of the molecule is O=C(C=Cc1ccc(F)cc1)c1cc(F)c(F)cc1O. The predicted octanol–water partition coefficient (Wildman–Crippen LogP) is 3.71. The van der Waals surface area contributed by atoms with E-state index in [1.807, 2.05) is 0 Å². The highest BCUT2D eigenvalue weighted by Gasteiger charge is 2.13. The summed E-state index contributed by atoms with van der Waals surface area (Å²) < 4.78 is 38.5. The number of hydrogen-bond acceptors (Lipinski definition) is 2. The molecule has 102 valence electrons. The van der Waals surface area contributed by atoms with Crippen molar-refractivity contribution in [3.8, 4) is 5.75 Å². The quantitative estimate of drug-likeness (QED) is 0.686. The van der Waals surface area contributed by atoms with Gasteiger partial charge in [0.25, 0.3) is 0 Å². The Balaban J connectivity index is 2.24. The Morgan fingerprint density at radius 2 is 1.60 bits per heavy atom. The minimum Gasteiger partial charge on any atom is -0.507 e. The summed E-state index contributed by atoms with van der Waals surface area (Å²) in [5.74, 6) is -4.20. The van der Waals surface area contributed by atoms with Crippen LogP contribution in [0.5, 0.6) is 5.75 Å². The Bertz CT molecular complexity index is 676. The number of hydrogen-bond donors (Lipinski definition) is 1. The van der Waals surface area contributed by atoms with Crippen LogP contribution in [0, 0.1) is 17.5 Å². The summed E-state index contributed by atoms with van der Waals surface area (Å²) in [5, 5.41) is 9.41. The van der Waals surface area contributed by atoms with E-state index in [-0.39, 0.29) is 5.56 Å². The first-order valence-corrected chi connectivity index (χ1v) is 5.63. The molecule has 5 heteroatoms. The Labute approximate surface area is 112 Å². The molecule has 20 heavy (non-hydrogen) atoms. The molecule has 0 atom stereocenters. The van der Waals surface area contributed by atoms with Gasteiger partial charge in [-0.1, -0.05) is 18.2 Å². The van der Waals surface area contributed by atoms with Gasteiger partial charge in [0.2, 0.25) is 0 Å². The third kappa shape index (κ3) is 3.06. The van der Waals surface area contributed by atoms with E-state index in [0.29, 0.717) is 17.7 Å². The van der Waals surface area contributed by atoms with E-state index in [0.717, 1.165) is 6.08 Å². The van der Waals surface area contributed by atoms with Gasteiger partial charge in [-0.2, -0.15) is 0 Å². The zero-order valence-corrected chi connectivity index (χ0v) is 10.1. The number of allylic oxidation sites excluding steroid dienone is 1. The van der Waals surface area contributed by atoms with Crippen molar-refractivity contribution in [3.63, 3.8) is 0 Å². The summed E-state index contributed by atoms with van der Waals surface area (Å²) >= 11 is 0. The molecule has 2 aromatic carbocycles. The number of aromatic hydroxyl groups is 1. The summed E-state index contributed by atoms with van der Waals surface area (Å²) in [5.41, 5.74) is 0.212. The zero-order chi connectivity index (χ0) is 14.7. The van der Waals surface area contributed by atoms with Crippen LogP contribution in [0.15, 0.2) is 42.5 Å². The zero-order valence-electron chi connectivity index (χ0n) is 10.1. The van der Waals surface area contributed by atoms with Gasteiger partial charge >= 0.3 is 0 Å². The van der Waals surface area contributed by atoms with Crippen molar-refractivity contribution in [1.29, 1.82) is 0 Å². The molecule has 0 fully saturated rings. The van der Waals surface area contributed by atoms with Gasteiger partial charge in [0.1, 0.15) is 11.6 Å². The Morgan fingerprint density at radius 3 is 2.25 bits per heavy atom. The van der Waals surface area contributed by atoms with E-state index in [1.54, 1.807) is 0 Å². The van der Waals surface area contributed by atoms with Gasteiger partial charge in [-0.15, -0.1) is 0 Å². The van der Waals surface area contributed by atoms with E-state index in [4.69, 9.17) is 0 Å². The summed E-state index contributed by atoms with van der Waals surface area (Å²) in [4.78, 5) is 11.8. The smallest absolute Gasteiger partial charge is 0.189 e. The molecule has 1 N–H and O–H groups in total. The summed E-state index contributed by atoms with van der Waals surface area (Å²) in [6, 6.07) is 6.50. The van der Waals surface area contributed by atoms with Crippen LogP contribution in [0.2, 0.25) is 0 Å². The lowest BCUT2D eigenvalue weighted by molar-refractivity contribution is 0.104. The third-order valence-corrected chi connectivity index (χ3v) is 2.60. The molecule has 0 bridgehead atoms. The van der Waals surface area contributed by atoms with Gasteiger partial charge in [-0.3, -0.25) is 4.79 Å². The van der Waals surface area contributed by atoms with Crippen molar-refractivity contribution in [2.75, 3.05) is 0 Å². The highest BCUT2D eigenvalue weighted by molar-refractivity contribution is 6.08. The third-order valence-electron chi connectivity index (χ3n) is 2.60. The van der Waals surface area contributed by atoms with Crippen LogP contribution in [-0.4, -0.2) is 10.9 Å². The average molecular weight is 278 g/mol. The number of carbonyl (C=O) groups is 1. The van der Waals surface area contributed by atoms with Gasteiger partial charge in [-0.25, -0.2) is 13.2 Å². The second-order valence-electron chi connectivity index (χ2n) is 4.03. The van der Waals surface area contributed by atoms with E-state index in [9.17, 15) is 23.1 Å². The summed E-state index contributed by atoms with van der Waals surface area (Å²) in [7, 11) is 0. The predicted molar refractivity (Wildman–Crippen MR) is 67.8 cm³/mol. The largest absolute Gasteiger partial charge is 0.507 e. The molecular formula is C15H9F3O2. The number of benzene rings is 2. The van der Waals surface area contributed by atoms with E-state index in [1.165, 1.54) is 30.3 Å². The van der Waals surface area contributed by atoms with Crippen LogP contribution < -0.4 is 0 Å². The van der Waals surface area contributed by atoms with Gasteiger partial charge < -0.3 is 5.11 Å². The number of halogens is 3. The summed E-state index contributed by atoms with van der Waals surface area (Å²) in [6.07, 6.45) is 2.46. The first-order chi connectivity index (χ1) is 9.47. The molecule has 0 amide bonds. The molecule has 0 aromatic heterocycles. The lowest BCUT2D eigenvalue weighted by Crippen LogP contribution is -1.98. The standard InChI is InChI=1S/C15H9F3O2/c16-10-4-1-9(2-5-10)3-6-14(19)11-7-12(17)13(18)8-15(11)20/h1-8,20H. The first kappa shape index (κ1) is 13.9. The minimum absolute atomic E-state index is 0.345. The van der Waals surface area contributed by atoms with Gasteiger partial charge in [0, 0.05) is 6.07 Å². The molecule has 0 saturated carbocycles. The molecule has 0 spiro atoms. The normalized spacial score (nSPS) is 10.9. The van der Waals surface area contributed by atoms with Gasteiger partial charge in [0.15, 0.2) is 17.4 Å². The van der Waals surface area contributed by atoms with Crippen molar-refractivity contribution < 1.29 is 23.1 Å². The second kappa shape index (κ2) is 5.61. The molecule has 0 aliphatic heterocycles. The topological polar surface area (TPSA) is 37.3 Å². The molecule has 2 nitrogen and oxygen atoms in total. The molecule has 0 heterocycles. The molecule has 0 aliphatic rings.